The van der Waals surface area contributed by atoms with Crippen LogP contribution in [0.4, 0.5) is 0 Å². The van der Waals surface area contributed by atoms with Crippen LogP contribution in [0.2, 0.25) is 0 Å². The van der Waals surface area contributed by atoms with Crippen LogP contribution in [0.5, 0.6) is 0 Å². The van der Waals surface area contributed by atoms with Crippen LogP contribution >= 0.6 is 11.3 Å². The highest BCUT2D eigenvalue weighted by molar-refractivity contribution is 7.26. The number of aromatic nitrogens is 4. The van der Waals surface area contributed by atoms with Crippen LogP contribution in [0.3, 0.4) is 0 Å². The molecule has 3 heterocycles. The van der Waals surface area contributed by atoms with Crippen molar-refractivity contribution >= 4 is 53.2 Å². The van der Waals surface area contributed by atoms with Gasteiger partial charge in [0.1, 0.15) is 0 Å². The molecule has 3 aromatic heterocycles. The molecule has 0 atom stereocenters. The molecule has 63 heavy (non-hydrogen) atoms. The maximum absolute atomic E-state index is 5.48. The second kappa shape index (κ2) is 15.4. The molecule has 12 rings (SSSR count). The number of thiophene rings is 1. The van der Waals surface area contributed by atoms with Crippen LogP contribution in [-0.4, -0.2) is 19.9 Å². The van der Waals surface area contributed by atoms with Gasteiger partial charge in [-0.2, -0.15) is 0 Å². The lowest BCUT2D eigenvalue weighted by Gasteiger charge is -2.12. The van der Waals surface area contributed by atoms with E-state index in [0.717, 1.165) is 55.7 Å². The largest absolute Gasteiger partial charge is 0.246 e. The van der Waals surface area contributed by atoms with Crippen molar-refractivity contribution in [1.82, 2.24) is 19.9 Å². The fraction of sp³-hybridized carbons (Fsp3) is 0. The van der Waals surface area contributed by atoms with E-state index >= 15 is 0 Å². The molecular formula is C58H36N4S. The van der Waals surface area contributed by atoms with Crippen LogP contribution in [0, 0.1) is 0 Å². The molecule has 0 aliphatic carbocycles. The zero-order chi connectivity index (χ0) is 41.7. The summed E-state index contributed by atoms with van der Waals surface area (Å²) < 4.78 is 2.47. The van der Waals surface area contributed by atoms with Crippen LogP contribution in [0.25, 0.3) is 121 Å². The maximum atomic E-state index is 5.48. The Labute approximate surface area is 368 Å². The zero-order valence-electron chi connectivity index (χ0n) is 34.0. The maximum Gasteiger partial charge on any atom is 0.164 e. The Kier molecular flexibility index (Phi) is 8.98. The summed E-state index contributed by atoms with van der Waals surface area (Å²) in [5.41, 5.74) is 12.7. The molecular weight excluding hydrogens is 785 g/mol. The fourth-order valence-electron chi connectivity index (χ4n) is 8.72. The van der Waals surface area contributed by atoms with Gasteiger partial charge in [-0.05, 0) is 50.9 Å². The average molecular weight is 821 g/mol. The highest BCUT2D eigenvalue weighted by Crippen LogP contribution is 2.44. The molecule has 0 spiro atoms. The van der Waals surface area contributed by atoms with Gasteiger partial charge in [-0.3, -0.25) is 0 Å². The first-order valence-corrected chi connectivity index (χ1v) is 21.9. The van der Waals surface area contributed by atoms with Crippen molar-refractivity contribution < 1.29 is 0 Å². The predicted molar refractivity (Wildman–Crippen MR) is 264 cm³/mol. The minimum Gasteiger partial charge on any atom is -0.246 e. The minimum atomic E-state index is 0.620. The van der Waals surface area contributed by atoms with E-state index in [4.69, 9.17) is 19.9 Å². The van der Waals surface area contributed by atoms with E-state index in [-0.39, 0.29) is 0 Å². The molecule has 0 aliphatic heterocycles. The summed E-state index contributed by atoms with van der Waals surface area (Å²) in [5.74, 6) is 1.87. The van der Waals surface area contributed by atoms with Crippen molar-refractivity contribution in [3.8, 4) is 78.8 Å². The third-order valence-electron chi connectivity index (χ3n) is 12.0. The molecule has 294 valence electrons. The number of pyridine rings is 1. The highest BCUT2D eigenvalue weighted by Gasteiger charge is 2.19. The molecule has 0 unspecified atom stereocenters. The van der Waals surface area contributed by atoms with Crippen molar-refractivity contribution in [1.29, 1.82) is 0 Å². The molecule has 0 amide bonds. The molecule has 0 saturated carbocycles. The van der Waals surface area contributed by atoms with Crippen molar-refractivity contribution in [2.24, 2.45) is 0 Å². The summed E-state index contributed by atoms with van der Waals surface area (Å²) in [4.78, 5) is 20.7. The number of fused-ring (bicyclic) bond motifs is 7. The Morgan fingerprint density at radius 1 is 0.286 bits per heavy atom. The van der Waals surface area contributed by atoms with E-state index in [1.807, 2.05) is 23.5 Å². The molecule has 0 bridgehead atoms. The Balaban J connectivity index is 0.933. The van der Waals surface area contributed by atoms with Gasteiger partial charge in [-0.25, -0.2) is 19.9 Å². The third kappa shape index (κ3) is 6.72. The second-order valence-corrected chi connectivity index (χ2v) is 16.8. The van der Waals surface area contributed by atoms with E-state index in [1.165, 1.54) is 47.5 Å². The normalized spacial score (nSPS) is 11.5. The summed E-state index contributed by atoms with van der Waals surface area (Å²) in [5, 5.41) is 6.08. The summed E-state index contributed by atoms with van der Waals surface area (Å²) in [6.07, 6.45) is 0. The molecule has 5 heteroatoms. The Bertz CT molecular complexity index is 3540. The van der Waals surface area contributed by atoms with Crippen molar-refractivity contribution in [2.45, 2.75) is 0 Å². The lowest BCUT2D eigenvalue weighted by atomic mass is 9.97. The quantitative estimate of drug-likeness (QED) is 0.150. The first-order chi connectivity index (χ1) is 31.2. The lowest BCUT2D eigenvalue weighted by Crippen LogP contribution is -2.00. The van der Waals surface area contributed by atoms with Crippen molar-refractivity contribution in [3.05, 3.63) is 218 Å². The van der Waals surface area contributed by atoms with Gasteiger partial charge in [0.05, 0.1) is 15.9 Å². The number of nitrogens with zero attached hydrogens (tertiary/aromatic N) is 4. The number of rotatable bonds is 7. The summed E-state index contributed by atoms with van der Waals surface area (Å²) in [6, 6.07) is 76.8. The van der Waals surface area contributed by atoms with E-state index in [0.29, 0.717) is 17.5 Å². The smallest absolute Gasteiger partial charge is 0.164 e. The Morgan fingerprint density at radius 3 is 1.32 bits per heavy atom. The Morgan fingerprint density at radius 2 is 0.730 bits per heavy atom. The van der Waals surface area contributed by atoms with Gasteiger partial charge in [0.15, 0.2) is 17.5 Å². The van der Waals surface area contributed by atoms with Gasteiger partial charge in [0.25, 0.3) is 0 Å². The number of benzene rings is 9. The second-order valence-electron chi connectivity index (χ2n) is 15.8. The highest BCUT2D eigenvalue weighted by atomic mass is 32.1. The van der Waals surface area contributed by atoms with Gasteiger partial charge in [0, 0.05) is 48.5 Å². The SMILES string of the molecule is c1ccc(-c2ccc(-c3nc(-c4ccc(-c5ccccc5)cc4)nc(-c4ccc(-c5cccc(-c6nc7c8ccccc8ccc7c7c6sc6ccccc67)c5)cc4)n3)cc2)cc1. The first kappa shape index (κ1) is 36.7. The molecule has 0 saturated heterocycles. The topological polar surface area (TPSA) is 51.6 Å². The molecule has 0 N–H and O–H groups in total. The first-order valence-electron chi connectivity index (χ1n) is 21.1. The number of hydrogen-bond acceptors (Lipinski definition) is 5. The Hall–Kier alpha value is -8.12. The molecule has 0 radical (unpaired) electrons. The van der Waals surface area contributed by atoms with Gasteiger partial charge < -0.3 is 0 Å². The van der Waals surface area contributed by atoms with E-state index in [9.17, 15) is 0 Å². The molecule has 0 fully saturated rings. The lowest BCUT2D eigenvalue weighted by molar-refractivity contribution is 1.07. The minimum absolute atomic E-state index is 0.620. The van der Waals surface area contributed by atoms with E-state index in [2.05, 4.69) is 206 Å². The van der Waals surface area contributed by atoms with Gasteiger partial charge in [-0.1, -0.05) is 206 Å². The molecule has 12 aromatic rings. The van der Waals surface area contributed by atoms with Crippen LogP contribution in [0.15, 0.2) is 218 Å². The zero-order valence-corrected chi connectivity index (χ0v) is 34.8. The summed E-state index contributed by atoms with van der Waals surface area (Å²) in [6.45, 7) is 0. The number of hydrogen-bond donors (Lipinski definition) is 0. The molecule has 4 nitrogen and oxygen atoms in total. The van der Waals surface area contributed by atoms with Crippen LogP contribution < -0.4 is 0 Å². The van der Waals surface area contributed by atoms with Crippen molar-refractivity contribution in [2.75, 3.05) is 0 Å². The van der Waals surface area contributed by atoms with E-state index < -0.39 is 0 Å². The molecule has 0 aliphatic rings. The van der Waals surface area contributed by atoms with E-state index in [1.54, 1.807) is 0 Å². The summed E-state index contributed by atoms with van der Waals surface area (Å²) >= 11 is 1.82. The fourth-order valence-corrected chi connectivity index (χ4v) is 9.95. The third-order valence-corrected chi connectivity index (χ3v) is 13.1. The molecule has 9 aromatic carbocycles. The van der Waals surface area contributed by atoms with Crippen LogP contribution in [0.1, 0.15) is 0 Å². The average Bonchev–Trinajstić information content (AvgIpc) is 3.77. The van der Waals surface area contributed by atoms with Crippen molar-refractivity contribution in [3.63, 3.8) is 0 Å². The monoisotopic (exact) mass is 820 g/mol. The summed E-state index contributed by atoms with van der Waals surface area (Å²) in [7, 11) is 0. The van der Waals surface area contributed by atoms with Gasteiger partial charge in [-0.15, -0.1) is 11.3 Å². The predicted octanol–water partition coefficient (Wildman–Crippen LogP) is 15.6. The van der Waals surface area contributed by atoms with Crippen LogP contribution in [-0.2, 0) is 0 Å². The van der Waals surface area contributed by atoms with Gasteiger partial charge >= 0.3 is 0 Å². The van der Waals surface area contributed by atoms with Gasteiger partial charge in [0.2, 0.25) is 0 Å². The standard InChI is InChI=1S/C58H36N4S/c1-3-12-37(13-4-1)39-22-28-43(29-23-39)56-60-57(44-30-24-40(25-31-44)38-14-5-2-6-15-38)62-58(61-56)45-32-26-41(27-33-45)46-17-11-18-47(36-46)53-55-52(49-20-9-10-21-51(49)63-55)50-35-34-42-16-7-8-19-48(42)54(50)59-53/h1-36H.